The van der Waals surface area contributed by atoms with Crippen LogP contribution in [0.4, 0.5) is 11.4 Å². The van der Waals surface area contributed by atoms with Crippen LogP contribution in [0.2, 0.25) is 0 Å². The first-order valence-corrected chi connectivity index (χ1v) is 9.20. The fraction of sp³-hybridized carbons (Fsp3) is 0.333. The van der Waals surface area contributed by atoms with Crippen LogP contribution in [-0.2, 0) is 9.53 Å². The number of nitrogens with one attached hydrogen (secondary N) is 1. The van der Waals surface area contributed by atoms with Crippen LogP contribution in [0, 0.1) is 6.92 Å². The number of anilines is 2. The van der Waals surface area contributed by atoms with E-state index in [1.165, 1.54) is 0 Å². The van der Waals surface area contributed by atoms with Gasteiger partial charge in [0.25, 0.3) is 0 Å². The van der Waals surface area contributed by atoms with Crippen molar-refractivity contribution < 1.29 is 19.1 Å². The third-order valence-corrected chi connectivity index (χ3v) is 5.02. The third kappa shape index (κ3) is 3.47. The maximum Gasteiger partial charge on any atom is 0.338 e. The Balaban J connectivity index is 1.36. The normalized spacial score (nSPS) is 17.7. The Kier molecular flexibility index (Phi) is 4.71. The first-order valence-electron chi connectivity index (χ1n) is 9.20. The molecule has 0 unspecified atom stereocenters. The summed E-state index contributed by atoms with van der Waals surface area (Å²) in [4.78, 5) is 26.6. The predicted molar refractivity (Wildman–Crippen MR) is 102 cm³/mol. The maximum absolute atomic E-state index is 12.3. The maximum atomic E-state index is 12.3. The van der Waals surface area contributed by atoms with E-state index in [0.717, 1.165) is 36.4 Å². The lowest BCUT2D eigenvalue weighted by Gasteiger charge is -2.33. The first kappa shape index (κ1) is 17.4. The Morgan fingerprint density at radius 2 is 2.07 bits per heavy atom. The lowest BCUT2D eigenvalue weighted by atomic mass is 10.1. The second-order valence-corrected chi connectivity index (χ2v) is 6.82. The monoisotopic (exact) mass is 366 g/mol. The highest BCUT2D eigenvalue weighted by Crippen LogP contribution is 2.37. The summed E-state index contributed by atoms with van der Waals surface area (Å²) in [5.74, 6) is 0.353. The van der Waals surface area contributed by atoms with Crippen molar-refractivity contribution in [1.82, 2.24) is 0 Å². The number of amides is 1. The third-order valence-electron chi connectivity index (χ3n) is 5.02. The SMILES string of the molecule is Cc1ccccc1OCCOC(=O)c1ccc2c(c1)NC(=O)[C@@H]1CCCN21. The summed E-state index contributed by atoms with van der Waals surface area (Å²) in [6.45, 7) is 3.28. The zero-order chi connectivity index (χ0) is 18.8. The molecule has 2 aliphatic heterocycles. The largest absolute Gasteiger partial charge is 0.490 e. The molecule has 1 saturated heterocycles. The molecule has 1 atom stereocenters. The molecule has 0 aliphatic carbocycles. The van der Waals surface area contributed by atoms with Crippen LogP contribution in [-0.4, -0.2) is 37.7 Å². The van der Waals surface area contributed by atoms with Crippen molar-refractivity contribution in [2.75, 3.05) is 30.0 Å². The minimum atomic E-state index is -0.427. The Morgan fingerprint density at radius 1 is 1.22 bits per heavy atom. The highest BCUT2D eigenvalue weighted by molar-refractivity contribution is 6.05. The molecular formula is C21H22N2O4. The molecule has 6 heteroatoms. The van der Waals surface area contributed by atoms with E-state index in [1.807, 2.05) is 37.3 Å². The number of fused-ring (bicyclic) bond motifs is 3. The summed E-state index contributed by atoms with van der Waals surface area (Å²) in [5.41, 5.74) is 3.09. The van der Waals surface area contributed by atoms with Crippen molar-refractivity contribution in [3.05, 3.63) is 53.6 Å². The minimum absolute atomic E-state index is 0.00264. The van der Waals surface area contributed by atoms with Crippen molar-refractivity contribution in [2.45, 2.75) is 25.8 Å². The molecule has 0 saturated carbocycles. The molecule has 0 bridgehead atoms. The van der Waals surface area contributed by atoms with E-state index in [9.17, 15) is 9.59 Å². The Labute approximate surface area is 158 Å². The van der Waals surface area contributed by atoms with Crippen molar-refractivity contribution in [1.29, 1.82) is 0 Å². The first-order chi connectivity index (χ1) is 13.1. The number of nitrogens with zero attached hydrogens (tertiary/aromatic N) is 1. The fourth-order valence-corrected chi connectivity index (χ4v) is 3.64. The molecule has 1 N–H and O–H groups in total. The second-order valence-electron chi connectivity index (χ2n) is 6.82. The van der Waals surface area contributed by atoms with E-state index in [0.29, 0.717) is 11.3 Å². The van der Waals surface area contributed by atoms with Gasteiger partial charge in [-0.3, -0.25) is 4.79 Å². The van der Waals surface area contributed by atoms with Crippen molar-refractivity contribution in [3.8, 4) is 5.75 Å². The highest BCUT2D eigenvalue weighted by Gasteiger charge is 2.36. The summed E-state index contributed by atoms with van der Waals surface area (Å²) >= 11 is 0. The number of hydrogen-bond acceptors (Lipinski definition) is 5. The van der Waals surface area contributed by atoms with Crippen LogP contribution in [0.1, 0.15) is 28.8 Å². The van der Waals surface area contributed by atoms with Gasteiger partial charge >= 0.3 is 5.97 Å². The number of esters is 1. The average Bonchev–Trinajstić information content (AvgIpc) is 3.17. The zero-order valence-electron chi connectivity index (χ0n) is 15.2. The quantitative estimate of drug-likeness (QED) is 0.650. The Bertz CT molecular complexity index is 880. The fourth-order valence-electron chi connectivity index (χ4n) is 3.64. The Hall–Kier alpha value is -3.02. The van der Waals surface area contributed by atoms with Gasteiger partial charge < -0.3 is 19.7 Å². The molecule has 1 amide bonds. The zero-order valence-corrected chi connectivity index (χ0v) is 15.2. The van der Waals surface area contributed by atoms with Crippen LogP contribution in [0.25, 0.3) is 0 Å². The van der Waals surface area contributed by atoms with Gasteiger partial charge in [0, 0.05) is 6.54 Å². The molecule has 4 rings (SSSR count). The number of benzene rings is 2. The Morgan fingerprint density at radius 3 is 2.93 bits per heavy atom. The van der Waals surface area contributed by atoms with Gasteiger partial charge in [-0.1, -0.05) is 18.2 Å². The standard InChI is InChI=1S/C21H22N2O4/c1-14-5-2-3-7-19(14)26-11-12-27-21(25)15-8-9-17-16(13-15)22-20(24)18-6-4-10-23(17)18/h2-3,5,7-9,13,18H,4,6,10-12H2,1H3,(H,22,24)/t18-/m0/s1. The van der Waals surface area contributed by atoms with E-state index in [4.69, 9.17) is 9.47 Å². The minimum Gasteiger partial charge on any atom is -0.490 e. The van der Waals surface area contributed by atoms with Crippen molar-refractivity contribution >= 4 is 23.3 Å². The number of ether oxygens (including phenoxy) is 2. The lowest BCUT2D eigenvalue weighted by molar-refractivity contribution is -0.117. The molecule has 0 radical (unpaired) electrons. The van der Waals surface area contributed by atoms with Crippen LogP contribution >= 0.6 is 0 Å². The van der Waals surface area contributed by atoms with Crippen molar-refractivity contribution in [2.24, 2.45) is 0 Å². The molecule has 1 fully saturated rings. The molecule has 0 aromatic heterocycles. The predicted octanol–water partition coefficient (Wildman–Crippen LogP) is 3.15. The van der Waals surface area contributed by atoms with Crippen LogP contribution in [0.15, 0.2) is 42.5 Å². The molecule has 0 spiro atoms. The second kappa shape index (κ2) is 7.31. The molecule has 2 heterocycles. The number of hydrogen-bond donors (Lipinski definition) is 1. The molecule has 2 aliphatic rings. The number of carbonyl (C=O) groups is 2. The lowest BCUT2D eigenvalue weighted by Crippen LogP contribution is -2.43. The number of para-hydroxylation sites is 1. The molecule has 140 valence electrons. The van der Waals surface area contributed by atoms with Gasteiger partial charge in [-0.05, 0) is 49.6 Å². The summed E-state index contributed by atoms with van der Waals surface area (Å²) in [6.07, 6.45) is 1.87. The van der Waals surface area contributed by atoms with Gasteiger partial charge in [-0.2, -0.15) is 0 Å². The number of carbonyl (C=O) groups excluding carboxylic acids is 2. The topological polar surface area (TPSA) is 67.9 Å². The smallest absolute Gasteiger partial charge is 0.338 e. The van der Waals surface area contributed by atoms with E-state index in [2.05, 4.69) is 10.2 Å². The molecule has 2 aromatic rings. The van der Waals surface area contributed by atoms with Gasteiger partial charge in [-0.15, -0.1) is 0 Å². The van der Waals surface area contributed by atoms with E-state index in [-0.39, 0.29) is 25.2 Å². The van der Waals surface area contributed by atoms with Gasteiger partial charge in [0.05, 0.1) is 16.9 Å². The van der Waals surface area contributed by atoms with Crippen LogP contribution < -0.4 is 15.0 Å². The summed E-state index contributed by atoms with van der Waals surface area (Å²) in [5, 5.41) is 2.91. The summed E-state index contributed by atoms with van der Waals surface area (Å²) in [7, 11) is 0. The van der Waals surface area contributed by atoms with E-state index in [1.54, 1.807) is 12.1 Å². The molecular weight excluding hydrogens is 344 g/mol. The molecule has 2 aromatic carbocycles. The number of rotatable bonds is 5. The van der Waals surface area contributed by atoms with Gasteiger partial charge in [0.2, 0.25) is 5.91 Å². The van der Waals surface area contributed by atoms with Gasteiger partial charge in [-0.25, -0.2) is 4.79 Å². The van der Waals surface area contributed by atoms with Gasteiger partial charge in [0.1, 0.15) is 25.0 Å². The van der Waals surface area contributed by atoms with Crippen LogP contribution in [0.5, 0.6) is 5.75 Å². The van der Waals surface area contributed by atoms with Crippen LogP contribution in [0.3, 0.4) is 0 Å². The van der Waals surface area contributed by atoms with Crippen molar-refractivity contribution in [3.63, 3.8) is 0 Å². The average molecular weight is 366 g/mol. The molecule has 27 heavy (non-hydrogen) atoms. The van der Waals surface area contributed by atoms with Gasteiger partial charge in [0.15, 0.2) is 0 Å². The number of aryl methyl sites for hydroxylation is 1. The highest BCUT2D eigenvalue weighted by atomic mass is 16.6. The summed E-state index contributed by atoms with van der Waals surface area (Å²) in [6, 6.07) is 12.9. The van der Waals surface area contributed by atoms with E-state index < -0.39 is 5.97 Å². The molecule has 6 nitrogen and oxygen atoms in total. The summed E-state index contributed by atoms with van der Waals surface area (Å²) < 4.78 is 10.9. The van der Waals surface area contributed by atoms with E-state index >= 15 is 0 Å².